The van der Waals surface area contributed by atoms with Crippen molar-refractivity contribution in [3.8, 4) is 0 Å². The van der Waals surface area contributed by atoms with Crippen LogP contribution in [0, 0.1) is 5.92 Å². The molecule has 4 rings (SSSR count). The topological polar surface area (TPSA) is 69.3 Å². The zero-order valence-electron chi connectivity index (χ0n) is 16.0. The summed E-state index contributed by atoms with van der Waals surface area (Å²) in [6.07, 6.45) is 6.64. The number of amides is 2. The molecule has 1 aliphatic heterocycles. The fourth-order valence-electron chi connectivity index (χ4n) is 4.50. The summed E-state index contributed by atoms with van der Waals surface area (Å²) in [6.45, 7) is 1.29. The van der Waals surface area contributed by atoms with Crippen LogP contribution in [0.3, 0.4) is 0 Å². The minimum Gasteiger partial charge on any atom is -0.345 e. The fourth-order valence-corrected chi connectivity index (χ4v) is 4.50. The van der Waals surface area contributed by atoms with Gasteiger partial charge >= 0.3 is 0 Å². The van der Waals surface area contributed by atoms with E-state index >= 15 is 0 Å². The van der Waals surface area contributed by atoms with Crippen LogP contribution >= 0.6 is 0 Å². The van der Waals surface area contributed by atoms with Crippen LogP contribution < -0.4 is 0 Å². The lowest BCUT2D eigenvalue weighted by molar-refractivity contribution is -0.134. The Balaban J connectivity index is 1.27. The largest absolute Gasteiger partial charge is 0.345 e. The number of fused-ring (bicyclic) bond motifs is 1. The van der Waals surface area contributed by atoms with Gasteiger partial charge in [0.1, 0.15) is 5.82 Å². The molecule has 2 aromatic rings. The number of carbonyl (C=O) groups excluding carboxylic acids is 2. The molecule has 1 aromatic carbocycles. The average molecular weight is 368 g/mol. The zero-order chi connectivity index (χ0) is 18.8. The maximum Gasteiger partial charge on any atom is 0.227 e. The summed E-state index contributed by atoms with van der Waals surface area (Å²) in [4.78, 5) is 36.8. The molecular formula is C21H28N4O2. The number of aryl methyl sites for hydroxylation is 1. The molecule has 6 nitrogen and oxygen atoms in total. The van der Waals surface area contributed by atoms with E-state index in [1.54, 1.807) is 4.90 Å². The standard InChI is InChI=1S/C21H28N4O2/c1-24(12-6-11-19-22-17-9-4-5-10-18(17)23-19)21(27)15-13-20(26)25(14-15)16-7-2-3-8-16/h4-5,9-10,15-16H,2-3,6-8,11-14H2,1H3,(H,22,23). The Bertz CT molecular complexity index is 791. The second-order valence-corrected chi connectivity index (χ2v) is 7.95. The fraction of sp³-hybridized carbons (Fsp3) is 0.571. The SMILES string of the molecule is CN(CCCc1nc2ccccc2[nH]1)C(=O)C1CC(=O)N(C2CCCC2)C1. The van der Waals surface area contributed by atoms with Gasteiger partial charge in [-0.2, -0.15) is 0 Å². The second-order valence-electron chi connectivity index (χ2n) is 7.95. The van der Waals surface area contributed by atoms with Crippen molar-refractivity contribution in [1.82, 2.24) is 19.8 Å². The number of aromatic nitrogens is 2. The molecule has 1 saturated carbocycles. The molecule has 1 unspecified atom stereocenters. The molecule has 1 aliphatic carbocycles. The first kappa shape index (κ1) is 18.0. The third kappa shape index (κ3) is 3.84. The van der Waals surface area contributed by atoms with Gasteiger partial charge in [0.25, 0.3) is 0 Å². The van der Waals surface area contributed by atoms with Crippen LogP contribution in [0.4, 0.5) is 0 Å². The van der Waals surface area contributed by atoms with Crippen LogP contribution in [0.15, 0.2) is 24.3 Å². The first-order valence-electron chi connectivity index (χ1n) is 10.1. The number of nitrogens with zero attached hydrogens (tertiary/aromatic N) is 3. The van der Waals surface area contributed by atoms with Gasteiger partial charge in [0.15, 0.2) is 0 Å². The van der Waals surface area contributed by atoms with E-state index in [0.29, 0.717) is 25.6 Å². The summed E-state index contributed by atoms with van der Waals surface area (Å²) in [5.41, 5.74) is 2.03. The Labute approximate surface area is 159 Å². The number of H-pyrrole nitrogens is 1. The minimum atomic E-state index is -0.172. The van der Waals surface area contributed by atoms with Gasteiger partial charge in [-0.15, -0.1) is 0 Å². The third-order valence-electron chi connectivity index (χ3n) is 5.99. The number of aromatic amines is 1. The van der Waals surface area contributed by atoms with E-state index in [9.17, 15) is 9.59 Å². The van der Waals surface area contributed by atoms with Gasteiger partial charge in [0.2, 0.25) is 11.8 Å². The van der Waals surface area contributed by atoms with Gasteiger partial charge in [0, 0.05) is 39.0 Å². The van der Waals surface area contributed by atoms with Crippen molar-refractivity contribution in [2.24, 2.45) is 5.92 Å². The Hall–Kier alpha value is -2.37. The number of hydrogen-bond donors (Lipinski definition) is 1. The molecule has 2 amide bonds. The molecule has 6 heteroatoms. The van der Waals surface area contributed by atoms with Crippen molar-refractivity contribution in [3.63, 3.8) is 0 Å². The van der Waals surface area contributed by atoms with Crippen molar-refractivity contribution >= 4 is 22.8 Å². The Morgan fingerprint density at radius 3 is 2.85 bits per heavy atom. The highest BCUT2D eigenvalue weighted by molar-refractivity contribution is 5.89. The van der Waals surface area contributed by atoms with Crippen LogP contribution in [0.5, 0.6) is 0 Å². The van der Waals surface area contributed by atoms with Crippen LogP contribution in [0.1, 0.15) is 44.3 Å². The van der Waals surface area contributed by atoms with Gasteiger partial charge in [-0.05, 0) is 31.4 Å². The average Bonchev–Trinajstić information content (AvgIpc) is 3.39. The third-order valence-corrected chi connectivity index (χ3v) is 5.99. The number of likely N-dealkylation sites (tertiary alicyclic amines) is 1. The van der Waals surface area contributed by atoms with Crippen molar-refractivity contribution in [3.05, 3.63) is 30.1 Å². The van der Waals surface area contributed by atoms with Crippen LogP contribution in [-0.2, 0) is 16.0 Å². The Kier molecular flexibility index (Phi) is 5.14. The van der Waals surface area contributed by atoms with E-state index in [1.807, 2.05) is 36.2 Å². The van der Waals surface area contributed by atoms with E-state index < -0.39 is 0 Å². The number of para-hydroxylation sites is 2. The van der Waals surface area contributed by atoms with Gasteiger partial charge in [0.05, 0.1) is 17.0 Å². The van der Waals surface area contributed by atoms with Gasteiger partial charge in [-0.25, -0.2) is 4.98 Å². The lowest BCUT2D eigenvalue weighted by atomic mass is 10.1. The van der Waals surface area contributed by atoms with E-state index in [0.717, 1.165) is 42.5 Å². The predicted molar refractivity (Wildman–Crippen MR) is 104 cm³/mol. The summed E-state index contributed by atoms with van der Waals surface area (Å²) >= 11 is 0. The quantitative estimate of drug-likeness (QED) is 0.852. The lowest BCUT2D eigenvalue weighted by Crippen LogP contribution is -2.38. The summed E-state index contributed by atoms with van der Waals surface area (Å²) in [5, 5.41) is 0. The molecule has 144 valence electrons. The van der Waals surface area contributed by atoms with Gasteiger partial charge in [-0.3, -0.25) is 9.59 Å². The highest BCUT2D eigenvalue weighted by Crippen LogP contribution is 2.30. The number of imidazole rings is 1. The molecule has 1 saturated heterocycles. The molecular weight excluding hydrogens is 340 g/mol. The molecule has 2 aliphatic rings. The molecule has 0 radical (unpaired) electrons. The zero-order valence-corrected chi connectivity index (χ0v) is 16.0. The summed E-state index contributed by atoms with van der Waals surface area (Å²) in [5.74, 6) is 1.05. The summed E-state index contributed by atoms with van der Waals surface area (Å²) in [6, 6.07) is 8.37. The molecule has 1 aromatic heterocycles. The van der Waals surface area contributed by atoms with Crippen molar-refractivity contribution in [2.75, 3.05) is 20.1 Å². The highest BCUT2D eigenvalue weighted by Gasteiger charge is 2.39. The molecule has 27 heavy (non-hydrogen) atoms. The minimum absolute atomic E-state index is 0.105. The lowest BCUT2D eigenvalue weighted by Gasteiger charge is -2.25. The normalized spacial score (nSPS) is 20.7. The molecule has 1 N–H and O–H groups in total. The van der Waals surface area contributed by atoms with Crippen LogP contribution in [0.2, 0.25) is 0 Å². The predicted octanol–water partition coefficient (Wildman–Crippen LogP) is 2.75. The molecule has 2 fully saturated rings. The van der Waals surface area contributed by atoms with Crippen molar-refractivity contribution < 1.29 is 9.59 Å². The summed E-state index contributed by atoms with van der Waals surface area (Å²) in [7, 11) is 1.85. The van der Waals surface area contributed by atoms with E-state index in [-0.39, 0.29) is 17.7 Å². The first-order chi connectivity index (χ1) is 13.1. The van der Waals surface area contributed by atoms with Crippen LogP contribution in [-0.4, -0.2) is 57.8 Å². The number of benzene rings is 1. The smallest absolute Gasteiger partial charge is 0.227 e. The molecule has 0 spiro atoms. The number of carbonyl (C=O) groups is 2. The monoisotopic (exact) mass is 368 g/mol. The van der Waals surface area contributed by atoms with Crippen molar-refractivity contribution in [2.45, 2.75) is 51.0 Å². The highest BCUT2D eigenvalue weighted by atomic mass is 16.2. The number of nitrogens with one attached hydrogen (secondary N) is 1. The molecule has 1 atom stereocenters. The summed E-state index contributed by atoms with van der Waals surface area (Å²) < 4.78 is 0. The van der Waals surface area contributed by atoms with Crippen LogP contribution in [0.25, 0.3) is 11.0 Å². The van der Waals surface area contributed by atoms with E-state index in [1.165, 1.54) is 12.8 Å². The maximum absolute atomic E-state index is 12.8. The van der Waals surface area contributed by atoms with Crippen molar-refractivity contribution in [1.29, 1.82) is 0 Å². The Morgan fingerprint density at radius 2 is 2.07 bits per heavy atom. The number of rotatable bonds is 6. The van der Waals surface area contributed by atoms with E-state index in [2.05, 4.69) is 9.97 Å². The Morgan fingerprint density at radius 1 is 1.30 bits per heavy atom. The maximum atomic E-state index is 12.8. The van der Waals surface area contributed by atoms with E-state index in [4.69, 9.17) is 0 Å². The first-order valence-corrected chi connectivity index (χ1v) is 10.1. The molecule has 2 heterocycles. The molecule has 0 bridgehead atoms. The number of hydrogen-bond acceptors (Lipinski definition) is 3. The van der Waals surface area contributed by atoms with Gasteiger partial charge < -0.3 is 14.8 Å². The van der Waals surface area contributed by atoms with Gasteiger partial charge in [-0.1, -0.05) is 25.0 Å². The second kappa shape index (κ2) is 7.71.